The third-order valence-corrected chi connectivity index (χ3v) is 5.00. The van der Waals surface area contributed by atoms with Crippen LogP contribution < -0.4 is 10.5 Å². The van der Waals surface area contributed by atoms with E-state index in [1.807, 2.05) is 24.3 Å². The van der Waals surface area contributed by atoms with Crippen LogP contribution in [0.15, 0.2) is 46.0 Å². The van der Waals surface area contributed by atoms with Crippen molar-refractivity contribution < 1.29 is 8.42 Å². The summed E-state index contributed by atoms with van der Waals surface area (Å²) in [5.41, 5.74) is 6.30. The minimum atomic E-state index is -3.60. The van der Waals surface area contributed by atoms with E-state index in [2.05, 4.69) is 25.8 Å². The largest absolute Gasteiger partial charge is 0.329 e. The second-order valence-corrected chi connectivity index (χ2v) is 7.25. The Balaban J connectivity index is 2.14. The van der Waals surface area contributed by atoms with Gasteiger partial charge in [-0.05, 0) is 24.6 Å². The lowest BCUT2D eigenvalue weighted by Crippen LogP contribution is -2.26. The first-order valence-electron chi connectivity index (χ1n) is 6.42. The molecule has 1 heterocycles. The Hall–Kier alpha value is -1.22. The molecule has 0 fully saturated rings. The van der Waals surface area contributed by atoms with Crippen LogP contribution in [0, 0.1) is 0 Å². The molecule has 0 radical (unpaired) electrons. The Kier molecular flexibility index (Phi) is 5.15. The molecular weight excluding hydrogens is 356 g/mol. The first kappa shape index (κ1) is 16.2. The number of nitrogens with two attached hydrogens (primary N) is 1. The normalized spacial score (nSPS) is 13.3. The first-order chi connectivity index (χ1) is 9.92. The fourth-order valence-electron chi connectivity index (χ4n) is 1.86. The van der Waals surface area contributed by atoms with Gasteiger partial charge in [0, 0.05) is 23.3 Å². The molecule has 0 amide bonds. The molecule has 2 rings (SSSR count). The number of nitrogens with one attached hydrogen (secondary N) is 1. The molecule has 21 heavy (non-hydrogen) atoms. The van der Waals surface area contributed by atoms with Crippen LogP contribution >= 0.6 is 15.9 Å². The highest BCUT2D eigenvalue weighted by atomic mass is 79.9. The second-order valence-electron chi connectivity index (χ2n) is 4.62. The molecule has 2 aromatic rings. The smallest absolute Gasteiger partial charge is 0.244 e. The summed E-state index contributed by atoms with van der Waals surface area (Å²) in [6, 6.07) is 7.16. The summed E-state index contributed by atoms with van der Waals surface area (Å²) < 4.78 is 29.7. The van der Waals surface area contributed by atoms with Crippen molar-refractivity contribution in [1.82, 2.24) is 14.5 Å². The summed E-state index contributed by atoms with van der Waals surface area (Å²) in [6.45, 7) is 2.69. The molecule has 1 unspecified atom stereocenters. The molecule has 0 bridgehead atoms. The van der Waals surface area contributed by atoms with Crippen molar-refractivity contribution in [2.75, 3.05) is 6.54 Å². The molecule has 3 N–H and O–H groups in total. The molecule has 114 valence electrons. The van der Waals surface area contributed by atoms with Gasteiger partial charge in [-0.1, -0.05) is 28.1 Å². The number of sulfonamides is 1. The maximum absolute atomic E-state index is 12.3. The zero-order chi connectivity index (χ0) is 15.5. The van der Waals surface area contributed by atoms with Crippen LogP contribution in [-0.4, -0.2) is 24.7 Å². The maximum Gasteiger partial charge on any atom is 0.244 e. The summed E-state index contributed by atoms with van der Waals surface area (Å²) in [6.07, 6.45) is 2.80. The number of halogens is 1. The molecule has 6 nitrogen and oxygen atoms in total. The van der Waals surface area contributed by atoms with E-state index < -0.39 is 10.0 Å². The van der Waals surface area contributed by atoms with Crippen molar-refractivity contribution in [3.63, 3.8) is 0 Å². The lowest BCUT2D eigenvalue weighted by atomic mass is 10.1. The predicted molar refractivity (Wildman–Crippen MR) is 84.2 cm³/mol. The van der Waals surface area contributed by atoms with Crippen LogP contribution in [0.5, 0.6) is 0 Å². The quantitative estimate of drug-likeness (QED) is 0.806. The zero-order valence-electron chi connectivity index (χ0n) is 11.5. The first-order valence-corrected chi connectivity index (χ1v) is 8.70. The Morgan fingerprint density at radius 3 is 2.67 bits per heavy atom. The minimum absolute atomic E-state index is 0.139. The van der Waals surface area contributed by atoms with Gasteiger partial charge in [-0.15, -0.1) is 0 Å². The van der Waals surface area contributed by atoms with Gasteiger partial charge in [0.1, 0.15) is 4.90 Å². The molecule has 0 aliphatic carbocycles. The van der Waals surface area contributed by atoms with Gasteiger partial charge in [-0.2, -0.15) is 5.10 Å². The van der Waals surface area contributed by atoms with E-state index in [4.69, 9.17) is 5.73 Å². The maximum atomic E-state index is 12.3. The molecular formula is C13H17BrN4O2S. The zero-order valence-corrected chi connectivity index (χ0v) is 13.9. The molecule has 0 spiro atoms. The predicted octanol–water partition coefficient (Wildman–Crippen LogP) is 1.64. The van der Waals surface area contributed by atoms with Crippen LogP contribution in [0.2, 0.25) is 0 Å². The molecule has 1 atom stereocenters. The molecule has 0 aliphatic heterocycles. The third-order valence-electron chi connectivity index (χ3n) is 2.98. The molecule has 0 aliphatic rings. The van der Waals surface area contributed by atoms with Crippen LogP contribution in [-0.2, 0) is 16.6 Å². The van der Waals surface area contributed by atoms with E-state index in [-0.39, 0.29) is 10.9 Å². The number of rotatable bonds is 6. The lowest BCUT2D eigenvalue weighted by molar-refractivity contribution is 0.566. The Morgan fingerprint density at radius 2 is 2.05 bits per heavy atom. The van der Waals surface area contributed by atoms with Crippen molar-refractivity contribution >= 4 is 26.0 Å². The van der Waals surface area contributed by atoms with Gasteiger partial charge in [-0.25, -0.2) is 13.1 Å². The van der Waals surface area contributed by atoms with Crippen molar-refractivity contribution in [2.45, 2.75) is 24.4 Å². The van der Waals surface area contributed by atoms with E-state index in [1.165, 1.54) is 17.1 Å². The minimum Gasteiger partial charge on any atom is -0.329 e. The standard InChI is InChI=1S/C13H17BrN4O2S/c1-10(11-2-4-12(14)5-3-11)17-21(19,20)13-8-16-18(9-13)7-6-15/h2-5,8-10,17H,6-7,15H2,1H3. The summed E-state index contributed by atoms with van der Waals surface area (Å²) in [5, 5.41) is 3.98. The fraction of sp³-hybridized carbons (Fsp3) is 0.308. The number of hydrogen-bond donors (Lipinski definition) is 2. The Bertz CT molecular complexity index is 697. The van der Waals surface area contributed by atoms with Gasteiger partial charge in [0.2, 0.25) is 10.0 Å². The van der Waals surface area contributed by atoms with Crippen molar-refractivity contribution in [3.05, 3.63) is 46.7 Å². The van der Waals surface area contributed by atoms with Gasteiger partial charge < -0.3 is 5.73 Å². The monoisotopic (exact) mass is 372 g/mol. The van der Waals surface area contributed by atoms with Gasteiger partial charge in [0.25, 0.3) is 0 Å². The summed E-state index contributed by atoms with van der Waals surface area (Å²) in [4.78, 5) is 0.139. The Morgan fingerprint density at radius 1 is 1.38 bits per heavy atom. The molecule has 8 heteroatoms. The fourth-order valence-corrected chi connectivity index (χ4v) is 3.31. The average Bonchev–Trinajstić information content (AvgIpc) is 2.89. The highest BCUT2D eigenvalue weighted by Gasteiger charge is 2.20. The number of nitrogens with zero attached hydrogens (tertiary/aromatic N) is 2. The molecule has 0 saturated heterocycles. The summed E-state index contributed by atoms with van der Waals surface area (Å²) in [7, 11) is -3.60. The van der Waals surface area contributed by atoms with Crippen LogP contribution in [0.4, 0.5) is 0 Å². The Labute approximate surface area is 132 Å². The van der Waals surface area contributed by atoms with E-state index in [1.54, 1.807) is 6.92 Å². The van der Waals surface area contributed by atoms with E-state index >= 15 is 0 Å². The van der Waals surface area contributed by atoms with Gasteiger partial charge in [0.15, 0.2) is 0 Å². The van der Waals surface area contributed by atoms with Crippen LogP contribution in [0.1, 0.15) is 18.5 Å². The van der Waals surface area contributed by atoms with E-state index in [0.29, 0.717) is 13.1 Å². The topological polar surface area (TPSA) is 90.0 Å². The summed E-state index contributed by atoms with van der Waals surface area (Å²) >= 11 is 3.35. The SMILES string of the molecule is CC(NS(=O)(=O)c1cnn(CCN)c1)c1ccc(Br)cc1. The third kappa shape index (κ3) is 4.13. The average molecular weight is 373 g/mol. The number of benzene rings is 1. The van der Waals surface area contributed by atoms with E-state index in [9.17, 15) is 8.42 Å². The van der Waals surface area contributed by atoms with Crippen molar-refractivity contribution in [3.8, 4) is 0 Å². The van der Waals surface area contributed by atoms with Gasteiger partial charge in [0.05, 0.1) is 12.7 Å². The molecule has 1 aromatic carbocycles. The van der Waals surface area contributed by atoms with Crippen molar-refractivity contribution in [2.24, 2.45) is 5.73 Å². The highest BCUT2D eigenvalue weighted by molar-refractivity contribution is 9.10. The van der Waals surface area contributed by atoms with Crippen LogP contribution in [0.25, 0.3) is 0 Å². The number of hydrogen-bond acceptors (Lipinski definition) is 4. The van der Waals surface area contributed by atoms with Crippen LogP contribution in [0.3, 0.4) is 0 Å². The number of aromatic nitrogens is 2. The van der Waals surface area contributed by atoms with Gasteiger partial charge in [-0.3, -0.25) is 4.68 Å². The van der Waals surface area contributed by atoms with E-state index in [0.717, 1.165) is 10.0 Å². The highest BCUT2D eigenvalue weighted by Crippen LogP contribution is 2.19. The molecule has 1 aromatic heterocycles. The summed E-state index contributed by atoms with van der Waals surface area (Å²) in [5.74, 6) is 0. The molecule has 0 saturated carbocycles. The van der Waals surface area contributed by atoms with Gasteiger partial charge >= 0.3 is 0 Å². The second kappa shape index (κ2) is 6.69. The lowest BCUT2D eigenvalue weighted by Gasteiger charge is -2.13. The van der Waals surface area contributed by atoms with Crippen molar-refractivity contribution in [1.29, 1.82) is 0 Å².